The number of benzene rings is 1. The highest BCUT2D eigenvalue weighted by Crippen LogP contribution is 2.32. The van der Waals surface area contributed by atoms with Crippen LogP contribution in [0.4, 0.5) is 0 Å². The van der Waals surface area contributed by atoms with E-state index in [0.717, 1.165) is 29.7 Å². The molecule has 1 heterocycles. The molecule has 3 rings (SSSR count). The summed E-state index contributed by atoms with van der Waals surface area (Å²) in [5.74, 6) is 1.07. The highest BCUT2D eigenvalue weighted by molar-refractivity contribution is 5.68. The molecule has 0 aromatic heterocycles. The molecule has 1 aliphatic heterocycles. The molecule has 0 aromatic rings. The normalized spacial score (nSPS) is 15.2. The number of hydrogen-bond acceptors (Lipinski definition) is 2. The molecule has 2 nitrogen and oxygen atoms in total. The highest BCUT2D eigenvalue weighted by Gasteiger charge is 2.17. The number of hydrogen-bond donors (Lipinski definition) is 0. The molecule has 2 heteroatoms. The van der Waals surface area contributed by atoms with Gasteiger partial charge in [-0.25, -0.2) is 0 Å². The summed E-state index contributed by atoms with van der Waals surface area (Å²) in [5.41, 5.74) is 3.46. The van der Waals surface area contributed by atoms with Crippen LogP contribution < -0.4 is 5.43 Å². The summed E-state index contributed by atoms with van der Waals surface area (Å²) in [5, 5.41) is 0. The van der Waals surface area contributed by atoms with E-state index >= 15 is 0 Å². The zero-order chi connectivity index (χ0) is 10.3. The molecular formula is C13H12O2. The summed E-state index contributed by atoms with van der Waals surface area (Å²) in [6, 6.07) is 5.16. The lowest BCUT2D eigenvalue weighted by Gasteiger charge is -2.18. The fourth-order valence-electron chi connectivity index (χ4n) is 2.33. The maximum atomic E-state index is 11.3. The summed E-state index contributed by atoms with van der Waals surface area (Å²) >= 11 is 0. The molecular weight excluding hydrogens is 188 g/mol. The van der Waals surface area contributed by atoms with Gasteiger partial charge in [0.25, 0.3) is 0 Å². The zero-order valence-corrected chi connectivity index (χ0v) is 8.45. The molecule has 3 aliphatic rings. The second kappa shape index (κ2) is 3.23. The SMILES string of the molecule is O=c1ccc2coc3c(c-2c1)CCCC3. The first-order chi connectivity index (χ1) is 7.34. The van der Waals surface area contributed by atoms with Crippen LogP contribution in [0.5, 0.6) is 0 Å². The molecule has 0 bridgehead atoms. The lowest BCUT2D eigenvalue weighted by atomic mass is 9.90. The Balaban J connectivity index is 2.34. The molecule has 76 valence electrons. The van der Waals surface area contributed by atoms with Crippen LogP contribution in [0.25, 0.3) is 11.1 Å². The van der Waals surface area contributed by atoms with E-state index in [0.29, 0.717) is 0 Å². The Morgan fingerprint density at radius 2 is 2.00 bits per heavy atom. The van der Waals surface area contributed by atoms with Crippen molar-refractivity contribution in [3.63, 3.8) is 0 Å². The van der Waals surface area contributed by atoms with Gasteiger partial charge in [-0.1, -0.05) is 0 Å². The topological polar surface area (TPSA) is 30.2 Å². The average Bonchev–Trinajstić information content (AvgIpc) is 2.29. The molecule has 2 aliphatic carbocycles. The standard InChI is InChI=1S/C13H12O2/c14-10-6-5-9-8-15-13-4-2-1-3-11(13)12(9)7-10/h5-8H,1-4H2. The van der Waals surface area contributed by atoms with Gasteiger partial charge in [0.15, 0.2) is 5.43 Å². The van der Waals surface area contributed by atoms with Gasteiger partial charge in [-0.15, -0.1) is 0 Å². The van der Waals surface area contributed by atoms with Crippen LogP contribution in [0.2, 0.25) is 0 Å². The van der Waals surface area contributed by atoms with Gasteiger partial charge in [-0.2, -0.15) is 0 Å². The van der Waals surface area contributed by atoms with Crippen molar-refractivity contribution in [1.29, 1.82) is 0 Å². The van der Waals surface area contributed by atoms with Gasteiger partial charge in [-0.3, -0.25) is 4.79 Å². The van der Waals surface area contributed by atoms with E-state index < -0.39 is 0 Å². The summed E-state index contributed by atoms with van der Waals surface area (Å²) in [6.45, 7) is 0. The van der Waals surface area contributed by atoms with E-state index in [9.17, 15) is 4.79 Å². The molecule has 0 spiro atoms. The van der Waals surface area contributed by atoms with Crippen LogP contribution in [-0.2, 0) is 12.8 Å². The van der Waals surface area contributed by atoms with E-state index in [1.165, 1.54) is 18.4 Å². The smallest absolute Gasteiger partial charge is 0.179 e. The molecule has 15 heavy (non-hydrogen) atoms. The van der Waals surface area contributed by atoms with Gasteiger partial charge in [0, 0.05) is 12.0 Å². The Morgan fingerprint density at radius 3 is 2.93 bits per heavy atom. The predicted octanol–water partition coefficient (Wildman–Crippen LogP) is 2.62. The Hall–Kier alpha value is -1.57. The lowest BCUT2D eigenvalue weighted by molar-refractivity contribution is 0.456. The zero-order valence-electron chi connectivity index (χ0n) is 8.45. The molecule has 0 atom stereocenters. The molecule has 0 N–H and O–H groups in total. The first kappa shape index (κ1) is 8.72. The molecule has 0 radical (unpaired) electrons. The van der Waals surface area contributed by atoms with E-state index in [2.05, 4.69) is 0 Å². The van der Waals surface area contributed by atoms with Crippen LogP contribution >= 0.6 is 0 Å². The van der Waals surface area contributed by atoms with E-state index in [4.69, 9.17) is 4.42 Å². The molecule has 0 saturated carbocycles. The lowest BCUT2D eigenvalue weighted by Crippen LogP contribution is -2.07. The van der Waals surface area contributed by atoms with Crippen molar-refractivity contribution in [3.8, 4) is 11.1 Å². The summed E-state index contributed by atoms with van der Waals surface area (Å²) in [4.78, 5) is 11.3. The third-order valence-corrected chi connectivity index (χ3v) is 3.10. The van der Waals surface area contributed by atoms with Gasteiger partial charge in [0.05, 0.1) is 6.26 Å². The second-order valence-electron chi connectivity index (χ2n) is 4.09. The van der Waals surface area contributed by atoms with Gasteiger partial charge in [0.2, 0.25) is 0 Å². The van der Waals surface area contributed by atoms with Crippen molar-refractivity contribution in [2.24, 2.45) is 0 Å². The van der Waals surface area contributed by atoms with Gasteiger partial charge in [0.1, 0.15) is 5.76 Å². The Labute approximate surface area is 87.9 Å². The van der Waals surface area contributed by atoms with E-state index in [1.807, 2.05) is 6.07 Å². The van der Waals surface area contributed by atoms with Crippen molar-refractivity contribution >= 4 is 0 Å². The summed E-state index contributed by atoms with van der Waals surface area (Å²) < 4.78 is 5.60. The second-order valence-corrected chi connectivity index (χ2v) is 4.09. The van der Waals surface area contributed by atoms with Gasteiger partial charge < -0.3 is 4.42 Å². The maximum absolute atomic E-state index is 11.3. The monoisotopic (exact) mass is 200 g/mol. The van der Waals surface area contributed by atoms with Gasteiger partial charge in [-0.05, 0) is 48.6 Å². The Bertz CT molecular complexity index is 525. The van der Waals surface area contributed by atoms with E-state index in [-0.39, 0.29) is 5.43 Å². The van der Waals surface area contributed by atoms with Crippen molar-refractivity contribution in [2.75, 3.05) is 0 Å². The minimum Gasteiger partial charge on any atom is -0.468 e. The van der Waals surface area contributed by atoms with Crippen LogP contribution in [0, 0.1) is 0 Å². The minimum atomic E-state index is 0.0847. The quantitative estimate of drug-likeness (QED) is 0.654. The largest absolute Gasteiger partial charge is 0.468 e. The predicted molar refractivity (Wildman–Crippen MR) is 58.2 cm³/mol. The van der Waals surface area contributed by atoms with Crippen molar-refractivity contribution in [1.82, 2.24) is 0 Å². The van der Waals surface area contributed by atoms with Crippen LogP contribution in [0.3, 0.4) is 0 Å². The van der Waals surface area contributed by atoms with Crippen molar-refractivity contribution in [3.05, 3.63) is 46.0 Å². The molecule has 0 fully saturated rings. The third kappa shape index (κ3) is 1.37. The summed E-state index contributed by atoms with van der Waals surface area (Å²) in [7, 11) is 0. The minimum absolute atomic E-state index is 0.0847. The number of aryl methyl sites for hydroxylation is 1. The molecule has 0 unspecified atom stereocenters. The maximum Gasteiger partial charge on any atom is 0.179 e. The van der Waals surface area contributed by atoms with Crippen LogP contribution in [0.15, 0.2) is 33.7 Å². The van der Waals surface area contributed by atoms with Crippen molar-refractivity contribution < 1.29 is 4.42 Å². The van der Waals surface area contributed by atoms with Crippen LogP contribution in [-0.4, -0.2) is 0 Å². The first-order valence-electron chi connectivity index (χ1n) is 5.38. The average molecular weight is 200 g/mol. The highest BCUT2D eigenvalue weighted by atomic mass is 16.3. The molecule has 0 amide bonds. The molecule has 0 aromatic carbocycles. The van der Waals surface area contributed by atoms with Crippen molar-refractivity contribution in [2.45, 2.75) is 25.7 Å². The van der Waals surface area contributed by atoms with E-state index in [1.54, 1.807) is 18.4 Å². The third-order valence-electron chi connectivity index (χ3n) is 3.10. The first-order valence-corrected chi connectivity index (χ1v) is 5.38. The number of rotatable bonds is 0. The Kier molecular flexibility index (Phi) is 1.88. The Morgan fingerprint density at radius 1 is 1.13 bits per heavy atom. The fourth-order valence-corrected chi connectivity index (χ4v) is 2.33. The van der Waals surface area contributed by atoms with Crippen LogP contribution in [0.1, 0.15) is 24.2 Å². The summed E-state index contributed by atoms with van der Waals surface area (Å²) in [6.07, 6.45) is 6.21. The number of fused-ring (bicyclic) bond motifs is 3. The fraction of sp³-hybridized carbons (Fsp3) is 0.308. The molecule has 0 saturated heterocycles. The van der Waals surface area contributed by atoms with Gasteiger partial charge >= 0.3 is 0 Å².